The van der Waals surface area contributed by atoms with Crippen LogP contribution in [0.3, 0.4) is 0 Å². The predicted molar refractivity (Wildman–Crippen MR) is 73.2 cm³/mol. The molecule has 0 aromatic carbocycles. The van der Waals surface area contributed by atoms with Crippen LogP contribution in [0.4, 0.5) is 0 Å². The minimum absolute atomic E-state index is 0.236. The van der Waals surface area contributed by atoms with Crippen molar-refractivity contribution in [2.24, 2.45) is 5.92 Å². The van der Waals surface area contributed by atoms with E-state index in [1.165, 1.54) is 21.3 Å². The van der Waals surface area contributed by atoms with Crippen LogP contribution in [0.15, 0.2) is 0 Å². The van der Waals surface area contributed by atoms with Crippen molar-refractivity contribution in [2.45, 2.75) is 32.2 Å². The van der Waals surface area contributed by atoms with E-state index in [0.29, 0.717) is 18.9 Å². The lowest BCUT2D eigenvalue weighted by atomic mass is 10.0. The highest BCUT2D eigenvalue weighted by atomic mass is 28.4. The van der Waals surface area contributed by atoms with E-state index in [9.17, 15) is 9.59 Å². The molecule has 0 bridgehead atoms. The molecule has 7 nitrogen and oxygen atoms in total. The molecule has 118 valence electrons. The van der Waals surface area contributed by atoms with Gasteiger partial charge in [-0.25, -0.2) is 0 Å². The minimum atomic E-state index is -2.68. The van der Waals surface area contributed by atoms with Crippen molar-refractivity contribution in [3.63, 3.8) is 0 Å². The van der Waals surface area contributed by atoms with Gasteiger partial charge < -0.3 is 23.1 Å². The van der Waals surface area contributed by atoms with Gasteiger partial charge >= 0.3 is 20.7 Å². The largest absolute Gasteiger partial charge is 0.500 e. The van der Waals surface area contributed by atoms with Gasteiger partial charge in [0, 0.05) is 27.4 Å². The van der Waals surface area contributed by atoms with E-state index in [-0.39, 0.29) is 13.0 Å². The first-order valence-corrected chi connectivity index (χ1v) is 8.41. The molecule has 0 aromatic rings. The third kappa shape index (κ3) is 6.46. The maximum atomic E-state index is 11.7. The number of hydrogen-bond donors (Lipinski definition) is 1. The Labute approximate surface area is 120 Å². The summed E-state index contributed by atoms with van der Waals surface area (Å²) in [5, 5.41) is 8.83. The van der Waals surface area contributed by atoms with Gasteiger partial charge in [-0.3, -0.25) is 9.59 Å². The Balaban J connectivity index is 4.45. The van der Waals surface area contributed by atoms with E-state index in [0.717, 1.165) is 0 Å². The summed E-state index contributed by atoms with van der Waals surface area (Å²) in [6, 6.07) is 0.520. The highest BCUT2D eigenvalue weighted by molar-refractivity contribution is 6.60. The van der Waals surface area contributed by atoms with Gasteiger partial charge in [0.1, 0.15) is 0 Å². The number of esters is 1. The quantitative estimate of drug-likeness (QED) is 0.454. The van der Waals surface area contributed by atoms with E-state index in [1.807, 2.05) is 0 Å². The van der Waals surface area contributed by atoms with Crippen LogP contribution in [0, 0.1) is 5.92 Å². The summed E-state index contributed by atoms with van der Waals surface area (Å²) >= 11 is 0. The molecule has 1 atom stereocenters. The molecule has 0 saturated carbocycles. The normalized spacial score (nSPS) is 13.0. The molecule has 20 heavy (non-hydrogen) atoms. The standard InChI is InChI=1S/C12H24O7Si/c1-5-19-12(15)10(9-11(13)14)7-6-8-20(16-2,17-3)18-4/h10H,5-9H2,1-4H3,(H,13,14). The van der Waals surface area contributed by atoms with Gasteiger partial charge in [-0.1, -0.05) is 0 Å². The average molecular weight is 308 g/mol. The fraction of sp³-hybridized carbons (Fsp3) is 0.833. The topological polar surface area (TPSA) is 91.3 Å². The second-order valence-corrected chi connectivity index (χ2v) is 7.33. The van der Waals surface area contributed by atoms with Crippen molar-refractivity contribution in [1.82, 2.24) is 0 Å². The summed E-state index contributed by atoms with van der Waals surface area (Å²) in [6.45, 7) is 1.93. The van der Waals surface area contributed by atoms with E-state index in [4.69, 9.17) is 23.1 Å². The van der Waals surface area contributed by atoms with E-state index < -0.39 is 26.7 Å². The molecule has 8 heteroatoms. The summed E-state index contributed by atoms with van der Waals surface area (Å²) in [5.41, 5.74) is 0. The second kappa shape index (κ2) is 9.86. The SMILES string of the molecule is CCOC(=O)C(CCC[Si](OC)(OC)OC)CC(=O)O. The van der Waals surface area contributed by atoms with Crippen LogP contribution in [0.2, 0.25) is 6.04 Å². The lowest BCUT2D eigenvalue weighted by Gasteiger charge is -2.24. The van der Waals surface area contributed by atoms with Crippen LogP contribution >= 0.6 is 0 Å². The first-order chi connectivity index (χ1) is 9.44. The molecule has 0 spiro atoms. The van der Waals surface area contributed by atoms with Gasteiger partial charge in [-0.05, 0) is 19.8 Å². The Kier molecular flexibility index (Phi) is 9.39. The lowest BCUT2D eigenvalue weighted by molar-refractivity contribution is -0.153. The zero-order valence-electron chi connectivity index (χ0n) is 12.5. The molecule has 0 heterocycles. The van der Waals surface area contributed by atoms with Crippen molar-refractivity contribution in [2.75, 3.05) is 27.9 Å². The Bertz CT molecular complexity index is 296. The molecule has 0 aliphatic rings. The highest BCUT2D eigenvalue weighted by Crippen LogP contribution is 2.21. The van der Waals surface area contributed by atoms with Crippen LogP contribution < -0.4 is 0 Å². The van der Waals surface area contributed by atoms with Gasteiger partial charge in [0.25, 0.3) is 0 Å². The summed E-state index contributed by atoms with van der Waals surface area (Å²) in [7, 11) is 1.86. The fourth-order valence-electron chi connectivity index (χ4n) is 1.90. The van der Waals surface area contributed by atoms with Crippen LogP contribution in [-0.2, 0) is 27.6 Å². The maximum Gasteiger partial charge on any atom is 0.500 e. The van der Waals surface area contributed by atoms with E-state index in [2.05, 4.69) is 0 Å². The molecular weight excluding hydrogens is 284 g/mol. The predicted octanol–water partition coefficient (Wildman–Crippen LogP) is 1.30. The highest BCUT2D eigenvalue weighted by Gasteiger charge is 2.37. The van der Waals surface area contributed by atoms with Crippen molar-refractivity contribution < 1.29 is 32.7 Å². The van der Waals surface area contributed by atoms with Crippen LogP contribution in [0.5, 0.6) is 0 Å². The first-order valence-electron chi connectivity index (χ1n) is 6.48. The number of hydrogen-bond acceptors (Lipinski definition) is 6. The minimum Gasteiger partial charge on any atom is -0.481 e. The van der Waals surface area contributed by atoms with Crippen molar-refractivity contribution >= 4 is 20.7 Å². The number of carbonyl (C=O) groups is 2. The van der Waals surface area contributed by atoms with Crippen LogP contribution in [0.1, 0.15) is 26.2 Å². The number of carbonyl (C=O) groups excluding carboxylic acids is 1. The van der Waals surface area contributed by atoms with E-state index >= 15 is 0 Å². The molecule has 0 amide bonds. The molecule has 0 aliphatic carbocycles. The van der Waals surface area contributed by atoms with Gasteiger partial charge in [-0.15, -0.1) is 0 Å². The number of aliphatic carboxylic acids is 1. The monoisotopic (exact) mass is 308 g/mol. The summed E-state index contributed by atoms with van der Waals surface area (Å²) in [5.74, 6) is -2.14. The number of rotatable bonds is 11. The fourth-order valence-corrected chi connectivity index (χ4v) is 3.64. The molecule has 1 unspecified atom stereocenters. The summed E-state index contributed by atoms with van der Waals surface area (Å²) in [6.07, 6.45) is 0.731. The van der Waals surface area contributed by atoms with Gasteiger partial charge in [0.2, 0.25) is 0 Å². The summed E-state index contributed by atoms with van der Waals surface area (Å²) < 4.78 is 20.7. The Morgan fingerprint density at radius 2 is 1.70 bits per heavy atom. The Morgan fingerprint density at radius 3 is 2.10 bits per heavy atom. The number of ether oxygens (including phenoxy) is 1. The molecule has 0 rings (SSSR count). The Hall–Kier alpha value is -0.963. The molecule has 0 fully saturated rings. The van der Waals surface area contributed by atoms with Gasteiger partial charge in [-0.2, -0.15) is 0 Å². The third-order valence-corrected chi connectivity index (χ3v) is 5.84. The molecule has 0 radical (unpaired) electrons. The maximum absolute atomic E-state index is 11.7. The van der Waals surface area contributed by atoms with Crippen LogP contribution in [-0.4, -0.2) is 53.8 Å². The molecule has 0 saturated heterocycles. The molecule has 0 aromatic heterocycles. The molecule has 0 aliphatic heterocycles. The zero-order valence-corrected chi connectivity index (χ0v) is 13.5. The zero-order chi connectivity index (χ0) is 15.6. The lowest BCUT2D eigenvalue weighted by Crippen LogP contribution is -2.42. The van der Waals surface area contributed by atoms with Gasteiger partial charge in [0.15, 0.2) is 0 Å². The van der Waals surface area contributed by atoms with Gasteiger partial charge in [0.05, 0.1) is 18.9 Å². The first kappa shape index (κ1) is 19.0. The number of carboxylic acid groups (broad SMARTS) is 1. The third-order valence-electron chi connectivity index (χ3n) is 3.01. The molecule has 1 N–H and O–H groups in total. The molecular formula is C12H24O7Si. The smallest absolute Gasteiger partial charge is 0.481 e. The second-order valence-electron chi connectivity index (χ2n) is 4.23. The van der Waals surface area contributed by atoms with Crippen molar-refractivity contribution in [3.8, 4) is 0 Å². The van der Waals surface area contributed by atoms with Crippen LogP contribution in [0.25, 0.3) is 0 Å². The van der Waals surface area contributed by atoms with E-state index in [1.54, 1.807) is 6.92 Å². The Morgan fingerprint density at radius 1 is 1.15 bits per heavy atom. The summed E-state index contributed by atoms with van der Waals surface area (Å²) in [4.78, 5) is 22.4. The average Bonchev–Trinajstić information content (AvgIpc) is 2.43. The van der Waals surface area contributed by atoms with Crippen molar-refractivity contribution in [3.05, 3.63) is 0 Å². The number of carboxylic acids is 1. The van der Waals surface area contributed by atoms with Crippen molar-refractivity contribution in [1.29, 1.82) is 0 Å².